The van der Waals surface area contributed by atoms with E-state index in [0.717, 1.165) is 17.7 Å². The Morgan fingerprint density at radius 2 is 2.00 bits per heavy atom. The molecule has 1 N–H and O–H groups in total. The second kappa shape index (κ2) is 9.20. The van der Waals surface area contributed by atoms with Crippen molar-refractivity contribution in [1.82, 2.24) is 4.98 Å². The number of aromatic nitrogens is 1. The van der Waals surface area contributed by atoms with Crippen molar-refractivity contribution in [2.24, 2.45) is 0 Å². The fourth-order valence-corrected chi connectivity index (χ4v) is 3.84. The quantitative estimate of drug-likeness (QED) is 0.390. The van der Waals surface area contributed by atoms with Gasteiger partial charge in [0.15, 0.2) is 12.4 Å². The van der Waals surface area contributed by atoms with Gasteiger partial charge in [-0.05, 0) is 58.4 Å². The average Bonchev–Trinajstić information content (AvgIpc) is 3.21. The first-order valence-electron chi connectivity index (χ1n) is 10.3. The van der Waals surface area contributed by atoms with Crippen molar-refractivity contribution in [1.29, 1.82) is 0 Å². The minimum absolute atomic E-state index is 0.100. The number of aryl methyl sites for hydroxylation is 1. The monoisotopic (exact) mass is 425 g/mol. The summed E-state index contributed by atoms with van der Waals surface area (Å²) in [5, 5.41) is 0. The van der Waals surface area contributed by atoms with Gasteiger partial charge in [0.25, 0.3) is 0 Å². The molecule has 1 aliphatic heterocycles. The Balaban J connectivity index is 1.68. The van der Waals surface area contributed by atoms with Gasteiger partial charge in [-0.3, -0.25) is 9.59 Å². The summed E-state index contributed by atoms with van der Waals surface area (Å²) >= 11 is 0. The molecule has 0 saturated carbocycles. The third-order valence-electron chi connectivity index (χ3n) is 5.14. The van der Waals surface area contributed by atoms with E-state index < -0.39 is 18.4 Å². The number of ether oxygens (including phenoxy) is 3. The van der Waals surface area contributed by atoms with E-state index in [1.54, 1.807) is 19.9 Å². The molecule has 0 spiro atoms. The number of carbonyl (C=O) groups excluding carboxylic acids is 3. The lowest BCUT2D eigenvalue weighted by atomic mass is 10.1. The van der Waals surface area contributed by atoms with E-state index in [0.29, 0.717) is 34.7 Å². The normalized spacial score (nSPS) is 14.9. The van der Waals surface area contributed by atoms with E-state index in [1.165, 1.54) is 13.0 Å². The van der Waals surface area contributed by atoms with Gasteiger partial charge in [0.2, 0.25) is 5.78 Å². The van der Waals surface area contributed by atoms with Crippen LogP contribution in [-0.2, 0) is 16.0 Å². The van der Waals surface area contributed by atoms with Crippen molar-refractivity contribution in [3.8, 4) is 11.5 Å². The maximum absolute atomic E-state index is 12.4. The predicted molar refractivity (Wildman–Crippen MR) is 116 cm³/mol. The molecule has 0 saturated heterocycles. The second-order valence-electron chi connectivity index (χ2n) is 7.61. The molecular weight excluding hydrogens is 398 g/mol. The number of rotatable bonds is 8. The van der Waals surface area contributed by atoms with Crippen molar-refractivity contribution < 1.29 is 28.6 Å². The standard InChI is InChI=1S/C24H27NO6/c1-6-29-20-11-18-9-13(2)31-21(18)10-17(20)7-8-22(28)30-12-19(27)24-14(3)23(16(5)26)15(4)25-24/h7-8,10-11,13,25H,6,9,12H2,1-5H3/b8-7+/t13-/m1/s1. The summed E-state index contributed by atoms with van der Waals surface area (Å²) in [5.74, 6) is 0.262. The molecule has 1 atom stereocenters. The lowest BCUT2D eigenvalue weighted by Gasteiger charge is -2.10. The van der Waals surface area contributed by atoms with Crippen LogP contribution in [0.2, 0.25) is 0 Å². The maximum atomic E-state index is 12.4. The smallest absolute Gasteiger partial charge is 0.331 e. The molecule has 0 fully saturated rings. The number of ketones is 2. The van der Waals surface area contributed by atoms with Gasteiger partial charge in [-0.2, -0.15) is 0 Å². The Labute approximate surface area is 181 Å². The Kier molecular flexibility index (Phi) is 6.63. The number of esters is 1. The summed E-state index contributed by atoms with van der Waals surface area (Å²) in [5.41, 5.74) is 3.73. The molecule has 0 unspecified atom stereocenters. The minimum Gasteiger partial charge on any atom is -0.493 e. The number of carbonyl (C=O) groups is 3. The van der Waals surface area contributed by atoms with Crippen LogP contribution < -0.4 is 9.47 Å². The minimum atomic E-state index is -0.654. The first-order valence-corrected chi connectivity index (χ1v) is 10.3. The van der Waals surface area contributed by atoms with E-state index >= 15 is 0 Å². The molecule has 0 aliphatic carbocycles. The lowest BCUT2D eigenvalue weighted by Crippen LogP contribution is -2.14. The summed E-state index contributed by atoms with van der Waals surface area (Å²) in [4.78, 5) is 39.3. The van der Waals surface area contributed by atoms with Gasteiger partial charge in [-0.15, -0.1) is 0 Å². The molecule has 2 aromatic rings. The summed E-state index contributed by atoms with van der Waals surface area (Å²) < 4.78 is 16.6. The molecule has 2 heterocycles. The molecule has 0 radical (unpaired) electrons. The molecule has 164 valence electrons. The molecule has 7 nitrogen and oxygen atoms in total. The summed E-state index contributed by atoms with van der Waals surface area (Å²) in [7, 11) is 0. The molecule has 0 bridgehead atoms. The molecule has 31 heavy (non-hydrogen) atoms. The van der Waals surface area contributed by atoms with Crippen LogP contribution in [-0.4, -0.2) is 41.8 Å². The van der Waals surface area contributed by atoms with Crippen molar-refractivity contribution in [3.05, 3.63) is 51.9 Å². The van der Waals surface area contributed by atoms with Gasteiger partial charge in [-0.25, -0.2) is 4.79 Å². The van der Waals surface area contributed by atoms with Crippen molar-refractivity contribution in [3.63, 3.8) is 0 Å². The summed E-state index contributed by atoms with van der Waals surface area (Å²) in [6.07, 6.45) is 3.75. The van der Waals surface area contributed by atoms with E-state index in [9.17, 15) is 14.4 Å². The molecule has 1 aromatic carbocycles. The zero-order valence-electron chi connectivity index (χ0n) is 18.5. The maximum Gasteiger partial charge on any atom is 0.331 e. The highest BCUT2D eigenvalue weighted by Gasteiger charge is 2.22. The third kappa shape index (κ3) is 4.87. The zero-order valence-corrected chi connectivity index (χ0v) is 18.5. The zero-order chi connectivity index (χ0) is 22.7. The van der Waals surface area contributed by atoms with Crippen LogP contribution in [0.25, 0.3) is 6.08 Å². The van der Waals surface area contributed by atoms with Gasteiger partial charge in [-0.1, -0.05) is 0 Å². The third-order valence-corrected chi connectivity index (χ3v) is 5.14. The van der Waals surface area contributed by atoms with Crippen molar-refractivity contribution >= 4 is 23.6 Å². The van der Waals surface area contributed by atoms with Crippen LogP contribution in [0.4, 0.5) is 0 Å². The van der Waals surface area contributed by atoms with E-state index in [4.69, 9.17) is 14.2 Å². The van der Waals surface area contributed by atoms with Gasteiger partial charge in [0, 0.05) is 34.9 Å². The molecule has 3 rings (SSSR count). The van der Waals surface area contributed by atoms with Crippen LogP contribution >= 0.6 is 0 Å². The number of H-pyrrole nitrogens is 1. The molecule has 7 heteroatoms. The predicted octanol–water partition coefficient (Wildman–Crippen LogP) is 4.00. The van der Waals surface area contributed by atoms with Crippen LogP contribution in [0.15, 0.2) is 18.2 Å². The number of benzene rings is 1. The van der Waals surface area contributed by atoms with Gasteiger partial charge >= 0.3 is 5.97 Å². The molecular formula is C24H27NO6. The molecule has 1 aliphatic rings. The Bertz CT molecular complexity index is 1060. The fraction of sp³-hybridized carbons (Fsp3) is 0.375. The van der Waals surface area contributed by atoms with Gasteiger partial charge in [0.1, 0.15) is 17.6 Å². The molecule has 0 amide bonds. The second-order valence-corrected chi connectivity index (χ2v) is 7.61. The average molecular weight is 425 g/mol. The Hall–Kier alpha value is -3.35. The molecule has 1 aromatic heterocycles. The number of Topliss-reactive ketones (excluding diaryl/α,β-unsaturated/α-hetero) is 2. The summed E-state index contributed by atoms with van der Waals surface area (Å²) in [6, 6.07) is 3.77. The van der Waals surface area contributed by atoms with Crippen LogP contribution in [0.3, 0.4) is 0 Å². The fourth-order valence-electron chi connectivity index (χ4n) is 3.84. The van der Waals surface area contributed by atoms with Crippen LogP contribution in [0.1, 0.15) is 64.0 Å². The Morgan fingerprint density at radius 3 is 2.65 bits per heavy atom. The highest BCUT2D eigenvalue weighted by atomic mass is 16.5. The number of hydrogen-bond acceptors (Lipinski definition) is 6. The van der Waals surface area contributed by atoms with Crippen molar-refractivity contribution in [2.75, 3.05) is 13.2 Å². The summed E-state index contributed by atoms with van der Waals surface area (Å²) in [6.45, 7) is 8.83. The highest BCUT2D eigenvalue weighted by molar-refractivity contribution is 6.04. The SMILES string of the molecule is CCOc1cc2c(cc1/C=C/C(=O)OCC(=O)c1[nH]c(C)c(C(C)=O)c1C)O[C@H](C)C2. The number of hydrogen-bond donors (Lipinski definition) is 1. The number of aromatic amines is 1. The Morgan fingerprint density at radius 1 is 1.26 bits per heavy atom. The van der Waals surface area contributed by atoms with E-state index in [-0.39, 0.29) is 17.6 Å². The largest absolute Gasteiger partial charge is 0.493 e. The van der Waals surface area contributed by atoms with E-state index in [2.05, 4.69) is 4.98 Å². The topological polar surface area (TPSA) is 94.7 Å². The first-order chi connectivity index (χ1) is 14.7. The number of nitrogens with one attached hydrogen (secondary N) is 1. The van der Waals surface area contributed by atoms with Gasteiger partial charge in [0.05, 0.1) is 12.3 Å². The van der Waals surface area contributed by atoms with E-state index in [1.807, 2.05) is 26.0 Å². The lowest BCUT2D eigenvalue weighted by molar-refractivity contribution is -0.136. The van der Waals surface area contributed by atoms with Crippen LogP contribution in [0.5, 0.6) is 11.5 Å². The highest BCUT2D eigenvalue weighted by Crippen LogP contribution is 2.35. The first kappa shape index (κ1) is 22.3. The van der Waals surface area contributed by atoms with Crippen molar-refractivity contribution in [2.45, 2.75) is 47.1 Å². The number of fused-ring (bicyclic) bond motifs is 1. The van der Waals surface area contributed by atoms with Crippen LogP contribution in [0, 0.1) is 13.8 Å². The van der Waals surface area contributed by atoms with Gasteiger partial charge < -0.3 is 19.2 Å².